The predicted molar refractivity (Wildman–Crippen MR) is 118 cm³/mol. The molecule has 6 rings (SSSR count). The maximum atomic E-state index is 9.17. The minimum Gasteiger partial charge on any atom is -0.454 e. The molecule has 0 bridgehead atoms. The number of ether oxygens (including phenoxy) is 2. The third-order valence-corrected chi connectivity index (χ3v) is 6.65. The first-order valence-corrected chi connectivity index (χ1v) is 11.0. The number of nitriles is 1. The zero-order valence-electron chi connectivity index (χ0n) is 17.2. The molecule has 2 saturated heterocycles. The summed E-state index contributed by atoms with van der Waals surface area (Å²) in [5, 5.41) is 10.3. The summed E-state index contributed by atoms with van der Waals surface area (Å²) in [7, 11) is 0. The molecule has 3 aliphatic rings. The molecule has 0 N–H and O–H groups in total. The zero-order valence-corrected chi connectivity index (χ0v) is 18.0. The second-order valence-corrected chi connectivity index (χ2v) is 8.65. The number of halogens is 1. The van der Waals surface area contributed by atoms with Crippen molar-refractivity contribution in [2.24, 2.45) is 5.92 Å². The highest BCUT2D eigenvalue weighted by atomic mass is 35.5. The number of hydrogen-bond acceptors (Lipinski definition) is 9. The van der Waals surface area contributed by atoms with Crippen molar-refractivity contribution in [3.05, 3.63) is 35.4 Å². The molecule has 0 spiro atoms. The number of rotatable bonds is 3. The summed E-state index contributed by atoms with van der Waals surface area (Å²) in [6.07, 6.45) is 5.22. The van der Waals surface area contributed by atoms with Gasteiger partial charge in [-0.3, -0.25) is 4.98 Å². The van der Waals surface area contributed by atoms with Gasteiger partial charge in [-0.05, 0) is 18.9 Å². The molecule has 2 aromatic heterocycles. The summed E-state index contributed by atoms with van der Waals surface area (Å²) in [6, 6.07) is 6.05. The van der Waals surface area contributed by atoms with E-state index in [9.17, 15) is 5.26 Å². The lowest BCUT2D eigenvalue weighted by molar-refractivity contribution is 0.174. The Morgan fingerprint density at radius 2 is 1.75 bits per heavy atom. The summed E-state index contributed by atoms with van der Waals surface area (Å²) < 4.78 is 10.9. The molecular weight excluding hydrogens is 430 g/mol. The highest BCUT2D eigenvalue weighted by Crippen LogP contribution is 2.39. The van der Waals surface area contributed by atoms with Crippen LogP contribution in [-0.2, 0) is 0 Å². The molecule has 9 nitrogen and oxygen atoms in total. The average molecular weight is 450 g/mol. The van der Waals surface area contributed by atoms with E-state index in [2.05, 4.69) is 30.8 Å². The van der Waals surface area contributed by atoms with Gasteiger partial charge in [-0.25, -0.2) is 15.0 Å². The monoisotopic (exact) mass is 449 g/mol. The molecule has 0 aliphatic carbocycles. The molecule has 0 unspecified atom stereocenters. The molecule has 0 atom stereocenters. The first-order chi connectivity index (χ1) is 15.7. The van der Waals surface area contributed by atoms with Crippen LogP contribution in [0.3, 0.4) is 0 Å². The van der Waals surface area contributed by atoms with Crippen LogP contribution in [0.25, 0.3) is 10.9 Å². The second kappa shape index (κ2) is 7.64. The third kappa shape index (κ3) is 3.22. The van der Waals surface area contributed by atoms with Gasteiger partial charge in [0, 0.05) is 61.9 Å². The highest BCUT2D eigenvalue weighted by molar-refractivity contribution is 6.34. The summed E-state index contributed by atoms with van der Waals surface area (Å²) in [4.78, 5) is 22.9. The molecule has 162 valence electrons. The van der Waals surface area contributed by atoms with Gasteiger partial charge in [0.2, 0.25) is 12.7 Å². The van der Waals surface area contributed by atoms with Gasteiger partial charge in [0.1, 0.15) is 5.15 Å². The topological polar surface area (TPSA) is 100 Å². The van der Waals surface area contributed by atoms with Gasteiger partial charge < -0.3 is 19.3 Å². The first kappa shape index (κ1) is 19.3. The summed E-state index contributed by atoms with van der Waals surface area (Å²) >= 11 is 6.47. The van der Waals surface area contributed by atoms with Crippen molar-refractivity contribution < 1.29 is 9.47 Å². The van der Waals surface area contributed by atoms with Crippen LogP contribution in [0.5, 0.6) is 11.5 Å². The molecule has 3 aliphatic heterocycles. The second-order valence-electron chi connectivity index (χ2n) is 8.29. The van der Waals surface area contributed by atoms with E-state index in [0.29, 0.717) is 22.6 Å². The van der Waals surface area contributed by atoms with Crippen LogP contribution in [0.1, 0.15) is 24.5 Å². The number of nitrogens with zero attached hydrogens (tertiary/aromatic N) is 7. The summed E-state index contributed by atoms with van der Waals surface area (Å²) in [5.74, 6) is 3.23. The number of fused-ring (bicyclic) bond motifs is 2. The first-order valence-electron chi connectivity index (χ1n) is 10.7. The van der Waals surface area contributed by atoms with E-state index in [1.54, 1.807) is 12.4 Å². The summed E-state index contributed by atoms with van der Waals surface area (Å²) in [5.41, 5.74) is 1.72. The Labute approximate surface area is 189 Å². The Morgan fingerprint density at radius 3 is 2.53 bits per heavy atom. The average Bonchev–Trinajstić information content (AvgIpc) is 3.25. The smallest absolute Gasteiger partial charge is 0.231 e. The molecule has 1 aromatic carbocycles. The minimum absolute atomic E-state index is 0.138. The molecule has 5 heterocycles. The maximum Gasteiger partial charge on any atom is 0.231 e. The van der Waals surface area contributed by atoms with Gasteiger partial charge in [0.15, 0.2) is 17.3 Å². The van der Waals surface area contributed by atoms with Crippen LogP contribution in [0, 0.1) is 17.2 Å². The molecule has 3 aromatic rings. The number of piperidine rings is 1. The highest BCUT2D eigenvalue weighted by Gasteiger charge is 2.35. The molecule has 2 fully saturated rings. The van der Waals surface area contributed by atoms with Gasteiger partial charge in [-0.15, -0.1) is 0 Å². The fourth-order valence-electron chi connectivity index (χ4n) is 4.52. The van der Waals surface area contributed by atoms with Gasteiger partial charge in [-0.1, -0.05) is 11.6 Å². The Hall–Kier alpha value is -3.38. The SMILES string of the molecule is N#CC1CCN(c2nccnc2C2CN(c3nc(Cl)c4cc5c(cc4n3)OCO5)C2)CC1. The molecule has 0 radical (unpaired) electrons. The van der Waals surface area contributed by atoms with Crippen molar-refractivity contribution in [1.29, 1.82) is 5.26 Å². The lowest BCUT2D eigenvalue weighted by atomic mass is 9.94. The third-order valence-electron chi connectivity index (χ3n) is 6.37. The van der Waals surface area contributed by atoms with Gasteiger partial charge in [0.25, 0.3) is 0 Å². The molecule has 10 heteroatoms. The molecular formula is C22H20ClN7O2. The van der Waals surface area contributed by atoms with Crippen molar-refractivity contribution >= 4 is 34.3 Å². The van der Waals surface area contributed by atoms with E-state index in [4.69, 9.17) is 26.1 Å². The van der Waals surface area contributed by atoms with Crippen molar-refractivity contribution in [2.45, 2.75) is 18.8 Å². The Bertz CT molecular complexity index is 1230. The van der Waals surface area contributed by atoms with Crippen molar-refractivity contribution in [3.63, 3.8) is 0 Å². The predicted octanol–water partition coefficient (Wildman–Crippen LogP) is 3.15. The Morgan fingerprint density at radius 1 is 1.00 bits per heavy atom. The van der Waals surface area contributed by atoms with Crippen molar-refractivity contribution in [3.8, 4) is 17.6 Å². The van der Waals surface area contributed by atoms with Crippen molar-refractivity contribution in [1.82, 2.24) is 19.9 Å². The van der Waals surface area contributed by atoms with E-state index < -0.39 is 0 Å². The fourth-order valence-corrected chi connectivity index (χ4v) is 4.75. The van der Waals surface area contributed by atoms with Gasteiger partial charge in [0.05, 0.1) is 17.3 Å². The van der Waals surface area contributed by atoms with Crippen LogP contribution in [-0.4, -0.2) is 52.9 Å². The normalized spacial score (nSPS) is 18.6. The van der Waals surface area contributed by atoms with Crippen LogP contribution in [0.2, 0.25) is 5.15 Å². The van der Waals surface area contributed by atoms with Gasteiger partial charge >= 0.3 is 0 Å². The Balaban J connectivity index is 1.22. The van der Waals surface area contributed by atoms with E-state index in [-0.39, 0.29) is 18.6 Å². The lowest BCUT2D eigenvalue weighted by Crippen LogP contribution is -2.47. The van der Waals surface area contributed by atoms with Gasteiger partial charge in [-0.2, -0.15) is 5.26 Å². The van der Waals surface area contributed by atoms with Crippen LogP contribution in [0.15, 0.2) is 24.5 Å². The van der Waals surface area contributed by atoms with Crippen LogP contribution >= 0.6 is 11.6 Å². The molecule has 32 heavy (non-hydrogen) atoms. The largest absolute Gasteiger partial charge is 0.454 e. The van der Waals surface area contributed by atoms with Crippen molar-refractivity contribution in [2.75, 3.05) is 42.8 Å². The zero-order chi connectivity index (χ0) is 21.7. The summed E-state index contributed by atoms with van der Waals surface area (Å²) in [6.45, 7) is 3.35. The number of hydrogen-bond donors (Lipinski definition) is 0. The molecule has 0 amide bonds. The minimum atomic E-state index is 0.138. The maximum absolute atomic E-state index is 9.17. The Kier molecular flexibility index (Phi) is 4.61. The van der Waals surface area contributed by atoms with E-state index in [1.807, 2.05) is 12.1 Å². The van der Waals surface area contributed by atoms with E-state index >= 15 is 0 Å². The fraction of sp³-hybridized carbons (Fsp3) is 0.409. The number of aromatic nitrogens is 4. The number of anilines is 2. The number of benzene rings is 1. The quantitative estimate of drug-likeness (QED) is 0.558. The molecule has 0 saturated carbocycles. The lowest BCUT2D eigenvalue weighted by Gasteiger charge is -2.40. The van der Waals surface area contributed by atoms with Crippen LogP contribution in [0.4, 0.5) is 11.8 Å². The van der Waals surface area contributed by atoms with E-state index in [1.165, 1.54) is 0 Å². The standard InChI is InChI=1S/C22H20ClN7O2/c23-20-15-7-17-18(32-12-31-17)8-16(15)27-22(28-20)30-10-14(11-30)19-21(26-4-3-25-19)29-5-1-13(9-24)2-6-29/h3-4,7-8,13-14H,1-2,5-6,10-12H2. The van der Waals surface area contributed by atoms with Crippen LogP contribution < -0.4 is 19.3 Å². The van der Waals surface area contributed by atoms with E-state index in [0.717, 1.165) is 61.4 Å².